The Morgan fingerprint density at radius 2 is 1.93 bits per heavy atom. The van der Waals surface area contributed by atoms with Gasteiger partial charge in [-0.1, -0.05) is 6.07 Å². The van der Waals surface area contributed by atoms with Crippen molar-refractivity contribution in [2.24, 2.45) is 0 Å². The number of hydrogen-bond donors (Lipinski definition) is 2. The Morgan fingerprint density at radius 1 is 1.11 bits per heavy atom. The average Bonchev–Trinajstić information content (AvgIpc) is 3.32. The maximum atomic E-state index is 13.3. The van der Waals surface area contributed by atoms with Crippen LogP contribution in [-0.4, -0.2) is 35.2 Å². The monoisotopic (exact) mass is 368 g/mol. The van der Waals surface area contributed by atoms with E-state index in [4.69, 9.17) is 0 Å². The zero-order chi connectivity index (χ0) is 18.8. The molecule has 0 aliphatic carbocycles. The fourth-order valence-electron chi connectivity index (χ4n) is 3.24. The van der Waals surface area contributed by atoms with Crippen LogP contribution in [0, 0.1) is 11.6 Å². The Hall–Kier alpha value is -3.22. The first-order valence-corrected chi connectivity index (χ1v) is 8.71. The Kier molecular flexibility index (Phi) is 4.58. The molecule has 0 spiro atoms. The normalized spacial score (nSPS) is 16.5. The second kappa shape index (κ2) is 7.19. The summed E-state index contributed by atoms with van der Waals surface area (Å²) in [5.74, 6) is -0.220. The van der Waals surface area contributed by atoms with Crippen molar-refractivity contribution in [3.63, 3.8) is 0 Å². The first-order valence-electron chi connectivity index (χ1n) is 8.71. The lowest BCUT2D eigenvalue weighted by Gasteiger charge is -2.16. The van der Waals surface area contributed by atoms with Gasteiger partial charge in [0.2, 0.25) is 0 Å². The summed E-state index contributed by atoms with van der Waals surface area (Å²) in [7, 11) is 0. The Morgan fingerprint density at radius 3 is 2.70 bits per heavy atom. The quantitative estimate of drug-likeness (QED) is 0.742. The molecule has 0 unspecified atom stereocenters. The van der Waals surface area contributed by atoms with E-state index in [2.05, 4.69) is 20.4 Å². The largest absolute Gasteiger partial charge is 0.353 e. The summed E-state index contributed by atoms with van der Waals surface area (Å²) < 4.78 is 26.3. The number of benzene rings is 2. The van der Waals surface area contributed by atoms with Gasteiger partial charge in [-0.15, -0.1) is 0 Å². The summed E-state index contributed by atoms with van der Waals surface area (Å²) >= 11 is 0. The minimum Gasteiger partial charge on any atom is -0.353 e. The molecule has 1 aromatic heterocycles. The van der Waals surface area contributed by atoms with Crippen molar-refractivity contribution >= 4 is 11.7 Å². The molecule has 7 heteroatoms. The summed E-state index contributed by atoms with van der Waals surface area (Å²) in [5.41, 5.74) is 1.97. The van der Waals surface area contributed by atoms with Crippen LogP contribution in [0.1, 0.15) is 16.8 Å². The number of nitrogens with one attached hydrogen (secondary N) is 2. The number of carbonyl (C=O) groups excluding carboxylic acids is 1. The zero-order valence-corrected chi connectivity index (χ0v) is 14.5. The SMILES string of the molecule is O=C(N[C@@H]1CCN(c2cc(-c3ccc(F)cc3)[nH]n2)C1)c1cccc(F)c1. The van der Waals surface area contributed by atoms with Crippen molar-refractivity contribution in [2.45, 2.75) is 12.5 Å². The third kappa shape index (κ3) is 3.81. The summed E-state index contributed by atoms with van der Waals surface area (Å²) in [4.78, 5) is 14.3. The van der Waals surface area contributed by atoms with Crippen LogP contribution < -0.4 is 10.2 Å². The van der Waals surface area contributed by atoms with Crippen LogP contribution in [-0.2, 0) is 0 Å². The molecule has 1 saturated heterocycles. The standard InChI is InChI=1S/C20H18F2N4O/c21-15-6-4-13(5-7-15)18-11-19(25-24-18)26-9-8-17(12-26)23-20(27)14-2-1-3-16(22)10-14/h1-7,10-11,17H,8-9,12H2,(H,23,27)(H,24,25)/t17-/m1/s1. The molecule has 2 heterocycles. The van der Waals surface area contributed by atoms with Crippen molar-refractivity contribution in [1.82, 2.24) is 15.5 Å². The van der Waals surface area contributed by atoms with Crippen molar-refractivity contribution in [3.8, 4) is 11.3 Å². The predicted octanol–water partition coefficient (Wildman–Crippen LogP) is 3.36. The van der Waals surface area contributed by atoms with Crippen molar-refractivity contribution < 1.29 is 13.6 Å². The number of aromatic amines is 1. The number of amides is 1. The molecule has 1 fully saturated rings. The fraction of sp³-hybridized carbons (Fsp3) is 0.200. The first-order chi connectivity index (χ1) is 13.1. The summed E-state index contributed by atoms with van der Waals surface area (Å²) in [6, 6.07) is 13.7. The van der Waals surface area contributed by atoms with E-state index in [-0.39, 0.29) is 17.8 Å². The highest BCUT2D eigenvalue weighted by atomic mass is 19.1. The van der Waals surface area contributed by atoms with Gasteiger partial charge in [0.1, 0.15) is 11.6 Å². The number of carbonyl (C=O) groups is 1. The first kappa shape index (κ1) is 17.2. The minimum atomic E-state index is -0.430. The van der Waals surface area contributed by atoms with E-state index >= 15 is 0 Å². The molecule has 1 aliphatic rings. The molecule has 27 heavy (non-hydrogen) atoms. The second-order valence-corrected chi connectivity index (χ2v) is 6.56. The van der Waals surface area contributed by atoms with Crippen molar-refractivity contribution in [1.29, 1.82) is 0 Å². The van der Waals surface area contributed by atoms with Crippen LogP contribution in [0.15, 0.2) is 54.6 Å². The van der Waals surface area contributed by atoms with E-state index in [1.807, 2.05) is 6.07 Å². The van der Waals surface area contributed by atoms with Crippen LogP contribution in [0.2, 0.25) is 0 Å². The van der Waals surface area contributed by atoms with Gasteiger partial charge in [0.05, 0.1) is 5.69 Å². The molecule has 0 saturated carbocycles. The number of hydrogen-bond acceptors (Lipinski definition) is 3. The van der Waals surface area contributed by atoms with E-state index in [0.29, 0.717) is 12.1 Å². The molecule has 1 aliphatic heterocycles. The summed E-state index contributed by atoms with van der Waals surface area (Å²) in [6.07, 6.45) is 0.778. The van der Waals surface area contributed by atoms with Crippen molar-refractivity contribution in [3.05, 3.63) is 71.8 Å². The van der Waals surface area contributed by atoms with Gasteiger partial charge >= 0.3 is 0 Å². The predicted molar refractivity (Wildman–Crippen MR) is 98.5 cm³/mol. The molecule has 138 valence electrons. The maximum Gasteiger partial charge on any atom is 0.251 e. The number of H-pyrrole nitrogens is 1. The van der Waals surface area contributed by atoms with E-state index in [0.717, 1.165) is 30.0 Å². The highest BCUT2D eigenvalue weighted by molar-refractivity contribution is 5.94. The topological polar surface area (TPSA) is 61.0 Å². The van der Waals surface area contributed by atoms with Gasteiger partial charge in [0, 0.05) is 30.8 Å². The number of anilines is 1. The third-order valence-electron chi connectivity index (χ3n) is 4.65. The zero-order valence-electron chi connectivity index (χ0n) is 14.5. The molecule has 2 N–H and O–H groups in total. The average molecular weight is 368 g/mol. The molecule has 1 atom stereocenters. The molecule has 1 amide bonds. The lowest BCUT2D eigenvalue weighted by atomic mass is 10.1. The molecule has 0 bridgehead atoms. The van der Waals surface area contributed by atoms with Gasteiger partial charge in [-0.2, -0.15) is 5.10 Å². The molecule has 4 rings (SSSR count). The number of halogens is 2. The molecule has 2 aromatic carbocycles. The van der Waals surface area contributed by atoms with E-state index < -0.39 is 5.82 Å². The highest BCUT2D eigenvalue weighted by Crippen LogP contribution is 2.24. The van der Waals surface area contributed by atoms with Gasteiger partial charge in [-0.3, -0.25) is 9.89 Å². The molecular formula is C20H18F2N4O. The van der Waals surface area contributed by atoms with Crippen LogP contribution in [0.3, 0.4) is 0 Å². The molecule has 0 radical (unpaired) electrons. The number of rotatable bonds is 4. The van der Waals surface area contributed by atoms with Gasteiger partial charge in [0.25, 0.3) is 5.91 Å². The van der Waals surface area contributed by atoms with E-state index in [1.165, 1.54) is 30.3 Å². The van der Waals surface area contributed by atoms with Crippen LogP contribution in [0.4, 0.5) is 14.6 Å². The van der Waals surface area contributed by atoms with Gasteiger partial charge in [0.15, 0.2) is 5.82 Å². The molecular weight excluding hydrogens is 350 g/mol. The van der Waals surface area contributed by atoms with Crippen LogP contribution in [0.5, 0.6) is 0 Å². The van der Waals surface area contributed by atoms with Gasteiger partial charge in [-0.25, -0.2) is 8.78 Å². The van der Waals surface area contributed by atoms with Gasteiger partial charge in [-0.05, 0) is 54.4 Å². The Bertz CT molecular complexity index is 955. The Balaban J connectivity index is 1.40. The molecule has 3 aromatic rings. The van der Waals surface area contributed by atoms with Crippen LogP contribution in [0.25, 0.3) is 11.3 Å². The summed E-state index contributed by atoms with van der Waals surface area (Å²) in [5, 5.41) is 10.2. The smallest absolute Gasteiger partial charge is 0.251 e. The Labute approximate surface area is 155 Å². The van der Waals surface area contributed by atoms with Crippen molar-refractivity contribution in [2.75, 3.05) is 18.0 Å². The van der Waals surface area contributed by atoms with Crippen LogP contribution >= 0.6 is 0 Å². The minimum absolute atomic E-state index is 0.0354. The third-order valence-corrected chi connectivity index (χ3v) is 4.65. The number of nitrogens with zero attached hydrogens (tertiary/aromatic N) is 2. The lowest BCUT2D eigenvalue weighted by molar-refractivity contribution is 0.0940. The highest BCUT2D eigenvalue weighted by Gasteiger charge is 2.26. The second-order valence-electron chi connectivity index (χ2n) is 6.56. The fourth-order valence-corrected chi connectivity index (χ4v) is 3.24. The molecule has 5 nitrogen and oxygen atoms in total. The maximum absolute atomic E-state index is 13.3. The number of aromatic nitrogens is 2. The van der Waals surface area contributed by atoms with Gasteiger partial charge < -0.3 is 10.2 Å². The summed E-state index contributed by atoms with van der Waals surface area (Å²) in [6.45, 7) is 1.37. The van der Waals surface area contributed by atoms with E-state index in [1.54, 1.807) is 18.2 Å². The van der Waals surface area contributed by atoms with E-state index in [9.17, 15) is 13.6 Å². The lowest BCUT2D eigenvalue weighted by Crippen LogP contribution is -2.37.